The quantitative estimate of drug-likeness (QED) is 0.314. The first kappa shape index (κ1) is 22.4. The molecule has 2 aromatic carbocycles. The Morgan fingerprint density at radius 2 is 1.97 bits per heavy atom. The molecule has 1 aliphatic heterocycles. The number of aromatic nitrogens is 2. The van der Waals surface area contributed by atoms with Gasteiger partial charge in [-0.05, 0) is 54.8 Å². The van der Waals surface area contributed by atoms with E-state index in [4.69, 9.17) is 4.74 Å². The number of ether oxygens (including phenoxy) is 1. The fourth-order valence-corrected chi connectivity index (χ4v) is 3.94. The van der Waals surface area contributed by atoms with E-state index in [1.807, 2.05) is 0 Å². The molecule has 1 unspecified atom stereocenters. The summed E-state index contributed by atoms with van der Waals surface area (Å²) in [6.45, 7) is 2.96. The lowest BCUT2D eigenvalue weighted by atomic mass is 9.99. The monoisotopic (exact) mass is 457 g/mol. The van der Waals surface area contributed by atoms with Gasteiger partial charge >= 0.3 is 0 Å². The molecule has 0 bridgehead atoms. The van der Waals surface area contributed by atoms with Gasteiger partial charge in [0, 0.05) is 42.0 Å². The third-order valence-corrected chi connectivity index (χ3v) is 5.65. The van der Waals surface area contributed by atoms with Crippen molar-refractivity contribution in [1.82, 2.24) is 14.7 Å². The predicted octanol–water partition coefficient (Wildman–Crippen LogP) is 2.15. The number of aryl methyl sites for hydroxylation is 1. The van der Waals surface area contributed by atoms with Crippen LogP contribution in [0, 0.1) is 5.82 Å². The summed E-state index contributed by atoms with van der Waals surface area (Å²) < 4.78 is 42.9. The minimum atomic E-state index is -2.33. The van der Waals surface area contributed by atoms with Crippen LogP contribution < -0.4 is 9.62 Å². The molecule has 1 aliphatic rings. The Labute approximate surface area is 187 Å². The fourth-order valence-electron chi connectivity index (χ4n) is 3.63. The molecule has 0 radical (unpaired) electrons. The van der Waals surface area contributed by atoms with E-state index in [-0.39, 0.29) is 17.9 Å². The van der Waals surface area contributed by atoms with Crippen LogP contribution in [0.4, 0.5) is 10.2 Å². The molecule has 0 saturated carbocycles. The Balaban J connectivity index is 1.55. The zero-order valence-electron chi connectivity index (χ0n) is 17.3. The van der Waals surface area contributed by atoms with Crippen molar-refractivity contribution < 1.29 is 22.7 Å². The lowest BCUT2D eigenvalue weighted by Gasteiger charge is -2.27. The first-order valence-corrected chi connectivity index (χ1v) is 11.3. The Morgan fingerprint density at radius 3 is 2.75 bits per heavy atom. The average Bonchev–Trinajstić information content (AvgIpc) is 2.81. The summed E-state index contributed by atoms with van der Waals surface area (Å²) in [6.07, 6.45) is 2.64. The molecular weight excluding hydrogens is 435 g/mol. The van der Waals surface area contributed by atoms with Gasteiger partial charge in [-0.3, -0.25) is 14.0 Å². The number of nitrogens with one attached hydrogen (secondary N) is 1. The Kier molecular flexibility index (Phi) is 7.15. The number of halogens is 1. The molecule has 0 amide bonds. The van der Waals surface area contributed by atoms with Gasteiger partial charge in [0.25, 0.3) is 0 Å². The van der Waals surface area contributed by atoms with Gasteiger partial charge < -0.3 is 14.2 Å². The highest BCUT2D eigenvalue weighted by Crippen LogP contribution is 2.21. The molecule has 2 heterocycles. The molecule has 10 heteroatoms. The summed E-state index contributed by atoms with van der Waals surface area (Å²) >= 11 is -2.33. The Bertz CT molecular complexity index is 1150. The molecule has 4 rings (SSSR count). The van der Waals surface area contributed by atoms with Crippen LogP contribution in [0.5, 0.6) is 0 Å². The van der Waals surface area contributed by atoms with Crippen molar-refractivity contribution in [1.29, 1.82) is 0 Å². The molecule has 1 saturated heterocycles. The van der Waals surface area contributed by atoms with Crippen LogP contribution in [0.3, 0.4) is 0 Å². The van der Waals surface area contributed by atoms with Gasteiger partial charge in [-0.2, -0.15) is 0 Å². The molecule has 0 spiro atoms. The summed E-state index contributed by atoms with van der Waals surface area (Å²) in [5.74, 6) is -0.0996. The standard InChI is InChI=1S/C22H23FN4O4S/c23-18-11-15(2-1-5-25-32(29)30)10-17(12-18)22(28)16-3-4-19-20(13-16)26-21(14-24-19)27-6-8-31-9-7-27/h3-4,10-14,25H,1-2,5-9H2,(H,29,30)/p-1. The number of carbonyl (C=O) groups excluding carboxylic acids is 1. The fraction of sp³-hybridized carbons (Fsp3) is 0.318. The van der Waals surface area contributed by atoms with Gasteiger partial charge in [0.1, 0.15) is 11.6 Å². The topological polar surface area (TPSA) is 107 Å². The van der Waals surface area contributed by atoms with Crippen LogP contribution in [0.15, 0.2) is 42.6 Å². The highest BCUT2D eigenvalue weighted by molar-refractivity contribution is 7.77. The molecular formula is C22H22FN4O4S-. The number of benzene rings is 2. The van der Waals surface area contributed by atoms with Crippen LogP contribution in [-0.2, 0) is 22.4 Å². The first-order chi connectivity index (χ1) is 15.5. The second kappa shape index (κ2) is 10.2. The van der Waals surface area contributed by atoms with Gasteiger partial charge in [-0.15, -0.1) is 0 Å². The van der Waals surface area contributed by atoms with Crippen LogP contribution in [-0.4, -0.2) is 57.4 Å². The maximum absolute atomic E-state index is 14.1. The molecule has 168 valence electrons. The molecule has 1 aromatic heterocycles. The van der Waals surface area contributed by atoms with E-state index in [1.54, 1.807) is 30.5 Å². The summed E-state index contributed by atoms with van der Waals surface area (Å²) in [5, 5.41) is 0. The molecule has 1 N–H and O–H groups in total. The minimum Gasteiger partial charge on any atom is -0.760 e. The number of hydrogen-bond acceptors (Lipinski definition) is 7. The van der Waals surface area contributed by atoms with Crippen molar-refractivity contribution in [3.63, 3.8) is 0 Å². The Hall–Kier alpha value is -2.79. The number of carbonyl (C=O) groups is 1. The average molecular weight is 458 g/mol. The van der Waals surface area contributed by atoms with E-state index in [0.29, 0.717) is 48.2 Å². The molecule has 8 nitrogen and oxygen atoms in total. The number of morpholine rings is 1. The van der Waals surface area contributed by atoms with E-state index in [0.717, 1.165) is 18.9 Å². The molecule has 0 aliphatic carbocycles. The maximum atomic E-state index is 14.1. The van der Waals surface area contributed by atoms with Crippen molar-refractivity contribution >= 4 is 33.9 Å². The van der Waals surface area contributed by atoms with Crippen molar-refractivity contribution in [3.8, 4) is 0 Å². The normalized spacial score (nSPS) is 15.1. The van der Waals surface area contributed by atoms with Crippen molar-refractivity contribution in [2.24, 2.45) is 0 Å². The largest absolute Gasteiger partial charge is 0.760 e. The lowest BCUT2D eigenvalue weighted by molar-refractivity contribution is 0.103. The minimum absolute atomic E-state index is 0.233. The number of rotatable bonds is 8. The van der Waals surface area contributed by atoms with Crippen LogP contribution in [0.25, 0.3) is 11.0 Å². The summed E-state index contributed by atoms with van der Waals surface area (Å²) in [7, 11) is 0. The van der Waals surface area contributed by atoms with E-state index in [9.17, 15) is 17.9 Å². The SMILES string of the molecule is O=C(c1cc(F)cc(CCCNS(=O)[O-])c1)c1ccc2ncc(N3CCOCC3)nc2c1. The van der Waals surface area contributed by atoms with Crippen LogP contribution in [0.2, 0.25) is 0 Å². The van der Waals surface area contributed by atoms with Crippen LogP contribution in [0.1, 0.15) is 27.9 Å². The van der Waals surface area contributed by atoms with Crippen LogP contribution >= 0.6 is 0 Å². The zero-order chi connectivity index (χ0) is 22.5. The number of anilines is 1. The predicted molar refractivity (Wildman–Crippen MR) is 118 cm³/mol. The second-order valence-corrected chi connectivity index (χ2v) is 8.20. The van der Waals surface area contributed by atoms with Gasteiger partial charge in [0.15, 0.2) is 5.78 Å². The first-order valence-electron chi connectivity index (χ1n) is 10.3. The number of fused-ring (bicyclic) bond motifs is 1. The third kappa shape index (κ3) is 5.52. The highest BCUT2D eigenvalue weighted by atomic mass is 32.2. The third-order valence-electron chi connectivity index (χ3n) is 5.21. The molecule has 32 heavy (non-hydrogen) atoms. The van der Waals surface area contributed by atoms with Crippen molar-refractivity contribution in [2.75, 3.05) is 37.7 Å². The van der Waals surface area contributed by atoms with Gasteiger partial charge in [-0.25, -0.2) is 14.1 Å². The zero-order valence-corrected chi connectivity index (χ0v) is 18.1. The van der Waals surface area contributed by atoms with Gasteiger partial charge in [0.05, 0.1) is 30.4 Å². The highest BCUT2D eigenvalue weighted by Gasteiger charge is 2.16. The number of hydrogen-bond donors (Lipinski definition) is 1. The summed E-state index contributed by atoms with van der Waals surface area (Å²) in [6, 6.07) is 9.26. The van der Waals surface area contributed by atoms with Gasteiger partial charge in [-0.1, -0.05) is 0 Å². The molecule has 3 aromatic rings. The van der Waals surface area contributed by atoms with E-state index in [2.05, 4.69) is 19.6 Å². The number of nitrogens with zero attached hydrogens (tertiary/aromatic N) is 3. The molecule has 1 atom stereocenters. The second-order valence-electron chi connectivity index (χ2n) is 7.44. The number of ketones is 1. The maximum Gasteiger partial charge on any atom is 0.193 e. The van der Waals surface area contributed by atoms with Crippen molar-refractivity contribution in [2.45, 2.75) is 12.8 Å². The van der Waals surface area contributed by atoms with Gasteiger partial charge in [0.2, 0.25) is 0 Å². The van der Waals surface area contributed by atoms with E-state index >= 15 is 0 Å². The van der Waals surface area contributed by atoms with Crippen molar-refractivity contribution in [3.05, 3.63) is 65.1 Å². The lowest BCUT2D eigenvalue weighted by Crippen LogP contribution is -2.36. The summed E-state index contributed by atoms with van der Waals surface area (Å²) in [5.41, 5.74) is 2.51. The van der Waals surface area contributed by atoms with E-state index < -0.39 is 17.1 Å². The van der Waals surface area contributed by atoms with E-state index in [1.165, 1.54) is 12.1 Å². The Morgan fingerprint density at radius 1 is 1.16 bits per heavy atom. The summed E-state index contributed by atoms with van der Waals surface area (Å²) in [4.78, 5) is 24.3. The molecule has 1 fully saturated rings. The smallest absolute Gasteiger partial charge is 0.193 e.